The largest absolute Gasteiger partial charge is 0.481 e. The van der Waals surface area contributed by atoms with Crippen molar-refractivity contribution in [2.24, 2.45) is 0 Å². The minimum absolute atomic E-state index is 0.0354. The minimum Gasteiger partial charge on any atom is -0.481 e. The van der Waals surface area contributed by atoms with E-state index in [1.807, 2.05) is 0 Å². The van der Waals surface area contributed by atoms with Crippen LogP contribution in [0.25, 0.3) is 0 Å². The average molecular weight is 377 g/mol. The predicted molar refractivity (Wildman–Crippen MR) is 95.8 cm³/mol. The van der Waals surface area contributed by atoms with Crippen LogP contribution in [0.15, 0.2) is 54.6 Å². The van der Waals surface area contributed by atoms with Crippen LogP contribution in [0.4, 0.5) is 8.78 Å². The van der Waals surface area contributed by atoms with Gasteiger partial charge in [-0.25, -0.2) is 0 Å². The van der Waals surface area contributed by atoms with Gasteiger partial charge in [0.25, 0.3) is 0 Å². The monoisotopic (exact) mass is 377 g/mol. The van der Waals surface area contributed by atoms with Gasteiger partial charge in [-0.05, 0) is 36.6 Å². The molecule has 0 heterocycles. The molecule has 2 aromatic rings. The van der Waals surface area contributed by atoms with Crippen molar-refractivity contribution < 1.29 is 28.2 Å². The maximum absolute atomic E-state index is 12.1. The van der Waals surface area contributed by atoms with Gasteiger partial charge in [-0.15, -0.1) is 0 Å². The number of hydrogen-bond acceptors (Lipinski definition) is 3. The number of amides is 1. The van der Waals surface area contributed by atoms with Crippen molar-refractivity contribution in [1.82, 2.24) is 5.32 Å². The van der Waals surface area contributed by atoms with Gasteiger partial charge in [0.1, 0.15) is 11.2 Å². The molecule has 0 aromatic heterocycles. The third kappa shape index (κ3) is 5.77. The van der Waals surface area contributed by atoms with Crippen molar-refractivity contribution in [3.05, 3.63) is 65.7 Å². The number of carboxylic acid groups (broad SMARTS) is 1. The quantitative estimate of drug-likeness (QED) is 0.703. The first-order valence-electron chi connectivity index (χ1n) is 8.40. The molecule has 5 nitrogen and oxygen atoms in total. The Bertz CT molecular complexity index is 765. The number of aliphatic carboxylic acids is 1. The fourth-order valence-electron chi connectivity index (χ4n) is 2.57. The van der Waals surface area contributed by atoms with E-state index in [0.717, 1.165) is 5.56 Å². The van der Waals surface area contributed by atoms with Crippen LogP contribution in [0.5, 0.6) is 5.75 Å². The molecule has 0 spiro atoms. The molecule has 0 bridgehead atoms. The summed E-state index contributed by atoms with van der Waals surface area (Å²) in [7, 11) is 0. The molecule has 0 fully saturated rings. The molecule has 144 valence electrons. The molecule has 0 saturated heterocycles. The van der Waals surface area contributed by atoms with E-state index >= 15 is 0 Å². The molecule has 0 aliphatic heterocycles. The Morgan fingerprint density at radius 2 is 1.74 bits per heavy atom. The number of hydrogen-bond donors (Lipinski definition) is 2. The van der Waals surface area contributed by atoms with E-state index in [4.69, 9.17) is 0 Å². The molecule has 0 aliphatic carbocycles. The summed E-state index contributed by atoms with van der Waals surface area (Å²) in [5.74, 6) is -1.26. The lowest BCUT2D eigenvalue weighted by Gasteiger charge is -2.25. The van der Waals surface area contributed by atoms with Crippen molar-refractivity contribution in [3.8, 4) is 5.75 Å². The lowest BCUT2D eigenvalue weighted by Crippen LogP contribution is -2.44. The molecule has 0 radical (unpaired) electrons. The highest BCUT2D eigenvalue weighted by atomic mass is 19.3. The minimum atomic E-state index is -2.88. The zero-order chi connectivity index (χ0) is 19.9. The smallest absolute Gasteiger partial charge is 0.387 e. The Balaban J connectivity index is 1.88. The molecule has 1 unspecified atom stereocenters. The topological polar surface area (TPSA) is 75.6 Å². The second kappa shape index (κ2) is 9.12. The molecule has 27 heavy (non-hydrogen) atoms. The summed E-state index contributed by atoms with van der Waals surface area (Å²) >= 11 is 0. The number of carboxylic acids is 1. The molecule has 2 N–H and O–H groups in total. The predicted octanol–water partition coefficient (Wildman–Crippen LogP) is 3.38. The number of carbonyl (C=O) groups excluding carboxylic acids is 1. The van der Waals surface area contributed by atoms with Crippen LogP contribution in [-0.4, -0.2) is 30.1 Å². The number of aryl methyl sites for hydroxylation is 1. The zero-order valence-corrected chi connectivity index (χ0v) is 14.8. The van der Waals surface area contributed by atoms with Gasteiger partial charge in [0.15, 0.2) is 0 Å². The van der Waals surface area contributed by atoms with E-state index in [9.17, 15) is 23.5 Å². The van der Waals surface area contributed by atoms with E-state index in [-0.39, 0.29) is 24.6 Å². The molecule has 2 rings (SSSR count). The number of benzene rings is 2. The van der Waals surface area contributed by atoms with Gasteiger partial charge < -0.3 is 15.2 Å². The van der Waals surface area contributed by atoms with E-state index < -0.39 is 18.0 Å². The highest BCUT2D eigenvalue weighted by Gasteiger charge is 2.35. The van der Waals surface area contributed by atoms with Gasteiger partial charge in [0.05, 0.1) is 0 Å². The van der Waals surface area contributed by atoms with Gasteiger partial charge >= 0.3 is 12.6 Å². The first kappa shape index (κ1) is 20.4. The number of rotatable bonds is 9. The molecular formula is C20H21F2NO4. The van der Waals surface area contributed by atoms with Crippen molar-refractivity contribution in [2.45, 2.75) is 31.8 Å². The van der Waals surface area contributed by atoms with Crippen molar-refractivity contribution in [3.63, 3.8) is 0 Å². The Labute approximate surface area is 156 Å². The Morgan fingerprint density at radius 3 is 2.30 bits per heavy atom. The second-order valence-electron chi connectivity index (χ2n) is 6.30. The summed E-state index contributed by atoms with van der Waals surface area (Å²) in [6, 6.07) is 14.8. The first-order chi connectivity index (χ1) is 12.8. The highest BCUT2D eigenvalue weighted by molar-refractivity contribution is 5.83. The van der Waals surface area contributed by atoms with E-state index in [2.05, 4.69) is 10.1 Å². The van der Waals surface area contributed by atoms with Crippen LogP contribution in [-0.2, 0) is 21.4 Å². The second-order valence-corrected chi connectivity index (χ2v) is 6.30. The van der Waals surface area contributed by atoms with Crippen LogP contribution in [0.2, 0.25) is 0 Å². The Morgan fingerprint density at radius 1 is 1.11 bits per heavy atom. The zero-order valence-electron chi connectivity index (χ0n) is 14.8. The fraction of sp³-hybridized carbons (Fsp3) is 0.300. The normalized spacial score (nSPS) is 13.0. The maximum Gasteiger partial charge on any atom is 0.387 e. The Hall–Kier alpha value is -2.96. The summed E-state index contributed by atoms with van der Waals surface area (Å²) in [6.45, 7) is -1.35. The number of ether oxygens (including phenoxy) is 1. The van der Waals surface area contributed by atoms with E-state index in [1.165, 1.54) is 12.1 Å². The maximum atomic E-state index is 12.1. The summed E-state index contributed by atoms with van der Waals surface area (Å²) in [6.07, 6.45) is 0.551. The molecule has 2 aromatic carbocycles. The molecule has 0 aliphatic rings. The lowest BCUT2D eigenvalue weighted by atomic mass is 9.82. The van der Waals surface area contributed by atoms with Crippen LogP contribution < -0.4 is 10.1 Å². The van der Waals surface area contributed by atoms with Gasteiger partial charge in [0.2, 0.25) is 5.91 Å². The van der Waals surface area contributed by atoms with Crippen molar-refractivity contribution in [2.75, 3.05) is 6.54 Å². The number of alkyl halides is 2. The SMILES string of the molecule is CC(CNC(=O)CCc1ccc(OC(F)F)cc1)(C(=O)O)c1ccccc1. The third-order valence-electron chi connectivity index (χ3n) is 4.31. The van der Waals surface area contributed by atoms with Crippen molar-refractivity contribution in [1.29, 1.82) is 0 Å². The molecule has 1 atom stereocenters. The summed E-state index contributed by atoms with van der Waals surface area (Å²) in [4.78, 5) is 23.8. The standard InChI is InChI=1S/C20H21F2NO4/c1-20(18(25)26,15-5-3-2-4-6-15)13-23-17(24)12-9-14-7-10-16(11-8-14)27-19(21)22/h2-8,10-11,19H,9,12-13H2,1H3,(H,23,24)(H,25,26). The van der Waals surface area contributed by atoms with Crippen LogP contribution in [0, 0.1) is 0 Å². The molecular weight excluding hydrogens is 356 g/mol. The lowest BCUT2D eigenvalue weighted by molar-refractivity contribution is -0.143. The number of nitrogens with one attached hydrogen (secondary N) is 1. The van der Waals surface area contributed by atoms with Gasteiger partial charge in [-0.3, -0.25) is 9.59 Å². The van der Waals surface area contributed by atoms with Crippen molar-refractivity contribution >= 4 is 11.9 Å². The van der Waals surface area contributed by atoms with Crippen LogP contribution in [0.1, 0.15) is 24.5 Å². The van der Waals surface area contributed by atoms with Crippen LogP contribution >= 0.6 is 0 Å². The van der Waals surface area contributed by atoms with E-state index in [1.54, 1.807) is 49.4 Å². The summed E-state index contributed by atoms with van der Waals surface area (Å²) in [5.41, 5.74) is 0.161. The van der Waals surface area contributed by atoms with E-state index in [0.29, 0.717) is 12.0 Å². The molecule has 0 saturated carbocycles. The Kier molecular flexibility index (Phi) is 6.87. The highest BCUT2D eigenvalue weighted by Crippen LogP contribution is 2.23. The first-order valence-corrected chi connectivity index (χ1v) is 8.40. The van der Waals surface area contributed by atoms with Gasteiger partial charge in [-0.1, -0.05) is 42.5 Å². The van der Waals surface area contributed by atoms with Gasteiger partial charge in [0, 0.05) is 13.0 Å². The fourth-order valence-corrected chi connectivity index (χ4v) is 2.57. The number of carbonyl (C=O) groups is 2. The summed E-state index contributed by atoms with van der Waals surface area (Å²) < 4.78 is 28.5. The molecule has 7 heteroatoms. The third-order valence-corrected chi connectivity index (χ3v) is 4.31. The van der Waals surface area contributed by atoms with Gasteiger partial charge in [-0.2, -0.15) is 8.78 Å². The summed E-state index contributed by atoms with van der Waals surface area (Å²) in [5, 5.41) is 12.2. The average Bonchev–Trinajstić information content (AvgIpc) is 2.65. The number of halogens is 2. The molecule has 1 amide bonds. The van der Waals surface area contributed by atoms with Crippen LogP contribution in [0.3, 0.4) is 0 Å².